The number of rotatable bonds is 4. The third kappa shape index (κ3) is 8.33. The van der Waals surface area contributed by atoms with Crippen LogP contribution < -0.4 is 0 Å². The van der Waals surface area contributed by atoms with Crippen LogP contribution in [0.3, 0.4) is 0 Å². The molecule has 13 heavy (non-hydrogen) atoms. The highest BCUT2D eigenvalue weighted by Gasteiger charge is 2.20. The third-order valence-electron chi connectivity index (χ3n) is 3.00. The summed E-state index contributed by atoms with van der Waals surface area (Å²) in [5.74, 6) is 0. The molecule has 0 aromatic carbocycles. The van der Waals surface area contributed by atoms with Crippen molar-refractivity contribution in [3.8, 4) is 0 Å². The Balaban J connectivity index is -0.000000218. The quantitative estimate of drug-likeness (QED) is 0.533. The molecule has 0 fully saturated rings. The van der Waals surface area contributed by atoms with Crippen molar-refractivity contribution in [3.05, 3.63) is 0 Å². The zero-order chi connectivity index (χ0) is 11.3. The Morgan fingerprint density at radius 1 is 0.538 bits per heavy atom. The first-order valence-electron chi connectivity index (χ1n) is 6.24. The maximum atomic E-state index is 2.30. The van der Waals surface area contributed by atoms with Crippen LogP contribution in [0.1, 0.15) is 81.1 Å². The SMILES string of the molecule is CC.CC.CCC(CC)(CC)CC. The molecule has 0 N–H and O–H groups in total. The maximum absolute atomic E-state index is 2.30. The van der Waals surface area contributed by atoms with Crippen molar-refractivity contribution < 1.29 is 0 Å². The predicted molar refractivity (Wildman–Crippen MR) is 66.3 cm³/mol. The van der Waals surface area contributed by atoms with E-state index in [1.807, 2.05) is 27.7 Å². The van der Waals surface area contributed by atoms with Crippen molar-refractivity contribution in [1.82, 2.24) is 0 Å². The van der Waals surface area contributed by atoms with Crippen molar-refractivity contribution in [2.24, 2.45) is 5.41 Å². The van der Waals surface area contributed by atoms with Crippen LogP contribution in [0, 0.1) is 5.41 Å². The van der Waals surface area contributed by atoms with Crippen LogP contribution in [-0.2, 0) is 0 Å². The van der Waals surface area contributed by atoms with Crippen molar-refractivity contribution >= 4 is 0 Å². The fraction of sp³-hybridized carbons (Fsp3) is 1.00. The van der Waals surface area contributed by atoms with Crippen LogP contribution >= 0.6 is 0 Å². The van der Waals surface area contributed by atoms with Gasteiger partial charge in [0.05, 0.1) is 0 Å². The Morgan fingerprint density at radius 3 is 0.692 bits per heavy atom. The minimum atomic E-state index is 0.667. The van der Waals surface area contributed by atoms with Crippen LogP contribution in [0.2, 0.25) is 0 Å². The summed E-state index contributed by atoms with van der Waals surface area (Å²) < 4.78 is 0. The van der Waals surface area contributed by atoms with Gasteiger partial charge in [0.15, 0.2) is 0 Å². The van der Waals surface area contributed by atoms with Crippen LogP contribution in [-0.4, -0.2) is 0 Å². The van der Waals surface area contributed by atoms with Crippen LogP contribution in [0.4, 0.5) is 0 Å². The second-order valence-electron chi connectivity index (χ2n) is 2.91. The summed E-state index contributed by atoms with van der Waals surface area (Å²) in [6, 6.07) is 0. The summed E-state index contributed by atoms with van der Waals surface area (Å²) >= 11 is 0. The van der Waals surface area contributed by atoms with E-state index in [0.717, 1.165) is 0 Å². The van der Waals surface area contributed by atoms with Crippen molar-refractivity contribution in [3.63, 3.8) is 0 Å². The predicted octanol–water partition coefficient (Wildman–Crippen LogP) is 5.67. The normalized spacial score (nSPS) is 9.23. The smallest absolute Gasteiger partial charge is 0.0308 e. The largest absolute Gasteiger partial charge is 0.0683 e. The summed E-state index contributed by atoms with van der Waals surface area (Å²) in [6.07, 6.45) is 5.38. The molecule has 0 spiro atoms. The summed E-state index contributed by atoms with van der Waals surface area (Å²) in [5, 5.41) is 0. The maximum Gasteiger partial charge on any atom is -0.0308 e. The van der Waals surface area contributed by atoms with E-state index in [4.69, 9.17) is 0 Å². The van der Waals surface area contributed by atoms with Gasteiger partial charge in [0.1, 0.15) is 0 Å². The molecule has 0 aromatic heterocycles. The highest BCUT2D eigenvalue weighted by atomic mass is 14.3. The van der Waals surface area contributed by atoms with Gasteiger partial charge in [-0.1, -0.05) is 81.1 Å². The first kappa shape index (κ1) is 18.7. The van der Waals surface area contributed by atoms with Gasteiger partial charge in [-0.15, -0.1) is 0 Å². The molecule has 0 radical (unpaired) electrons. The van der Waals surface area contributed by atoms with E-state index in [1.165, 1.54) is 25.7 Å². The van der Waals surface area contributed by atoms with Crippen LogP contribution in [0.15, 0.2) is 0 Å². The second kappa shape index (κ2) is 14.5. The molecule has 0 heteroatoms. The van der Waals surface area contributed by atoms with E-state index in [1.54, 1.807) is 0 Å². The van der Waals surface area contributed by atoms with Gasteiger partial charge in [-0.2, -0.15) is 0 Å². The molecule has 0 nitrogen and oxygen atoms in total. The van der Waals surface area contributed by atoms with Gasteiger partial charge in [0.2, 0.25) is 0 Å². The lowest BCUT2D eigenvalue weighted by atomic mass is 9.78. The molecule has 0 aliphatic carbocycles. The minimum Gasteiger partial charge on any atom is -0.0683 e. The van der Waals surface area contributed by atoms with E-state index in [0.29, 0.717) is 5.41 Å². The minimum absolute atomic E-state index is 0.667. The summed E-state index contributed by atoms with van der Waals surface area (Å²) in [6.45, 7) is 17.2. The van der Waals surface area contributed by atoms with Gasteiger partial charge < -0.3 is 0 Å². The summed E-state index contributed by atoms with van der Waals surface area (Å²) in [7, 11) is 0. The Morgan fingerprint density at radius 2 is 0.692 bits per heavy atom. The second-order valence-corrected chi connectivity index (χ2v) is 2.91. The average Bonchev–Trinajstić information content (AvgIpc) is 2.28. The van der Waals surface area contributed by atoms with E-state index < -0.39 is 0 Å². The first-order valence-corrected chi connectivity index (χ1v) is 6.24. The van der Waals surface area contributed by atoms with Crippen molar-refractivity contribution in [1.29, 1.82) is 0 Å². The average molecular weight is 188 g/mol. The summed E-state index contributed by atoms with van der Waals surface area (Å²) in [5.41, 5.74) is 0.667. The molecular weight excluding hydrogens is 156 g/mol. The van der Waals surface area contributed by atoms with Crippen LogP contribution in [0.5, 0.6) is 0 Å². The molecule has 84 valence electrons. The number of hydrogen-bond donors (Lipinski definition) is 0. The van der Waals surface area contributed by atoms with Gasteiger partial charge in [-0.05, 0) is 5.41 Å². The Hall–Kier alpha value is 0. The van der Waals surface area contributed by atoms with Gasteiger partial charge in [0, 0.05) is 0 Å². The van der Waals surface area contributed by atoms with Gasteiger partial charge >= 0.3 is 0 Å². The lowest BCUT2D eigenvalue weighted by molar-refractivity contribution is 0.240. The zero-order valence-electron chi connectivity index (χ0n) is 11.3. The first-order chi connectivity index (χ1) is 6.24. The topological polar surface area (TPSA) is 0 Å². The highest BCUT2D eigenvalue weighted by molar-refractivity contribution is 4.72. The molecule has 0 heterocycles. The van der Waals surface area contributed by atoms with Gasteiger partial charge in [0.25, 0.3) is 0 Å². The van der Waals surface area contributed by atoms with Gasteiger partial charge in [-0.3, -0.25) is 0 Å². The summed E-state index contributed by atoms with van der Waals surface area (Å²) in [4.78, 5) is 0. The molecule has 0 bridgehead atoms. The molecule has 0 atom stereocenters. The number of hydrogen-bond acceptors (Lipinski definition) is 0. The van der Waals surface area contributed by atoms with E-state index in [9.17, 15) is 0 Å². The molecular formula is C13H32. The highest BCUT2D eigenvalue weighted by Crippen LogP contribution is 2.33. The fourth-order valence-corrected chi connectivity index (χ4v) is 1.50. The van der Waals surface area contributed by atoms with E-state index >= 15 is 0 Å². The third-order valence-corrected chi connectivity index (χ3v) is 3.00. The Kier molecular flexibility index (Phi) is 20.9. The van der Waals surface area contributed by atoms with Crippen molar-refractivity contribution in [2.45, 2.75) is 81.1 Å². The van der Waals surface area contributed by atoms with Crippen molar-refractivity contribution in [2.75, 3.05) is 0 Å². The molecule has 0 rings (SSSR count). The lowest BCUT2D eigenvalue weighted by Gasteiger charge is -2.28. The molecule has 0 aliphatic heterocycles. The molecule has 0 amide bonds. The lowest BCUT2D eigenvalue weighted by Crippen LogP contribution is -2.15. The Labute approximate surface area is 87.1 Å². The molecule has 0 aliphatic rings. The standard InChI is InChI=1S/C9H20.2C2H6/c1-5-9(6-2,7-3)8-4;2*1-2/h5-8H2,1-4H3;2*1-2H3. The van der Waals surface area contributed by atoms with E-state index in [-0.39, 0.29) is 0 Å². The molecule has 0 unspecified atom stereocenters. The van der Waals surface area contributed by atoms with Gasteiger partial charge in [-0.25, -0.2) is 0 Å². The molecule has 0 saturated heterocycles. The van der Waals surface area contributed by atoms with Crippen LogP contribution in [0.25, 0.3) is 0 Å². The fourth-order valence-electron chi connectivity index (χ4n) is 1.50. The van der Waals surface area contributed by atoms with E-state index in [2.05, 4.69) is 27.7 Å². The Bertz CT molecular complexity index is 42.9. The molecule has 0 saturated carbocycles. The molecule has 0 aromatic rings. The zero-order valence-corrected chi connectivity index (χ0v) is 11.3. The monoisotopic (exact) mass is 188 g/mol.